The maximum absolute atomic E-state index is 12.1. The van der Waals surface area contributed by atoms with Crippen molar-refractivity contribution in [3.05, 3.63) is 59.7 Å². The highest BCUT2D eigenvalue weighted by Gasteiger charge is 2.11. The highest BCUT2D eigenvalue weighted by Crippen LogP contribution is 2.19. The maximum atomic E-state index is 12.1. The van der Waals surface area contributed by atoms with Crippen LogP contribution in [0.4, 0.5) is 0 Å². The van der Waals surface area contributed by atoms with Crippen LogP contribution in [0.15, 0.2) is 54.1 Å². The van der Waals surface area contributed by atoms with Crippen LogP contribution in [-0.2, 0) is 0 Å². The number of ketones is 1. The number of hydrogen-bond acceptors (Lipinski definition) is 1. The molecular formula is C17H20O. The first-order valence-electron chi connectivity index (χ1n) is 6.74. The first-order chi connectivity index (χ1) is 8.77. The number of benzene rings is 1. The van der Waals surface area contributed by atoms with Crippen molar-refractivity contribution < 1.29 is 4.79 Å². The van der Waals surface area contributed by atoms with E-state index in [2.05, 4.69) is 12.2 Å². The standard InChI is InChI=1S/C17H20O/c1-14(12-13-15-8-4-2-5-9-15)17(18)16-10-6-3-7-11-16/h3,6-8,10-14H,2,4-5,9H2,1H3/b13-12+/t14-/m0/s1. The van der Waals surface area contributed by atoms with E-state index in [-0.39, 0.29) is 11.7 Å². The molecule has 1 aliphatic carbocycles. The first kappa shape index (κ1) is 12.8. The Bertz CT molecular complexity index is 454. The van der Waals surface area contributed by atoms with Gasteiger partial charge < -0.3 is 0 Å². The number of carbonyl (C=O) groups is 1. The van der Waals surface area contributed by atoms with Crippen molar-refractivity contribution >= 4 is 5.78 Å². The maximum Gasteiger partial charge on any atom is 0.169 e. The Morgan fingerprint density at radius 1 is 1.22 bits per heavy atom. The largest absolute Gasteiger partial charge is 0.294 e. The SMILES string of the molecule is C[C@@H](/C=C/C1=CCCCC1)C(=O)c1ccccc1. The molecule has 1 aromatic rings. The molecule has 0 saturated heterocycles. The van der Waals surface area contributed by atoms with Gasteiger partial charge in [0.25, 0.3) is 0 Å². The van der Waals surface area contributed by atoms with Gasteiger partial charge in [-0.25, -0.2) is 0 Å². The Hall–Kier alpha value is -1.63. The molecule has 0 saturated carbocycles. The molecule has 0 unspecified atom stereocenters. The zero-order valence-corrected chi connectivity index (χ0v) is 10.9. The van der Waals surface area contributed by atoms with E-state index in [0.717, 1.165) is 12.0 Å². The quantitative estimate of drug-likeness (QED) is 0.705. The number of Topliss-reactive ketones (excluding diaryl/α,β-unsaturated/α-hetero) is 1. The lowest BCUT2D eigenvalue weighted by Crippen LogP contribution is -2.08. The summed E-state index contributed by atoms with van der Waals surface area (Å²) in [7, 11) is 0. The fraction of sp³-hybridized carbons (Fsp3) is 0.353. The third-order valence-corrected chi connectivity index (χ3v) is 3.40. The van der Waals surface area contributed by atoms with Crippen LogP contribution in [0, 0.1) is 5.92 Å². The van der Waals surface area contributed by atoms with Crippen LogP contribution < -0.4 is 0 Å². The molecule has 18 heavy (non-hydrogen) atoms. The first-order valence-corrected chi connectivity index (χ1v) is 6.74. The van der Waals surface area contributed by atoms with Gasteiger partial charge in [0.15, 0.2) is 5.78 Å². The molecule has 2 rings (SSSR count). The lowest BCUT2D eigenvalue weighted by Gasteiger charge is -2.10. The number of allylic oxidation sites excluding steroid dienone is 4. The zero-order valence-electron chi connectivity index (χ0n) is 10.9. The molecule has 1 atom stereocenters. The number of hydrogen-bond donors (Lipinski definition) is 0. The number of rotatable bonds is 4. The lowest BCUT2D eigenvalue weighted by atomic mass is 9.95. The number of carbonyl (C=O) groups excluding carboxylic acids is 1. The van der Waals surface area contributed by atoms with Gasteiger partial charge in [-0.05, 0) is 25.7 Å². The molecule has 1 heteroatoms. The molecule has 0 spiro atoms. The summed E-state index contributed by atoms with van der Waals surface area (Å²) in [6, 6.07) is 9.52. The predicted molar refractivity (Wildman–Crippen MR) is 75.6 cm³/mol. The average Bonchev–Trinajstić information content (AvgIpc) is 2.46. The molecule has 0 aromatic heterocycles. The van der Waals surface area contributed by atoms with Crippen LogP contribution in [0.25, 0.3) is 0 Å². The van der Waals surface area contributed by atoms with Gasteiger partial charge in [0.05, 0.1) is 0 Å². The highest BCUT2D eigenvalue weighted by atomic mass is 16.1. The monoisotopic (exact) mass is 240 g/mol. The Labute approximate surface area is 109 Å². The average molecular weight is 240 g/mol. The molecule has 0 heterocycles. The van der Waals surface area contributed by atoms with Gasteiger partial charge in [0.2, 0.25) is 0 Å². The van der Waals surface area contributed by atoms with E-state index in [1.54, 1.807) is 0 Å². The van der Waals surface area contributed by atoms with Gasteiger partial charge in [-0.1, -0.05) is 61.1 Å². The van der Waals surface area contributed by atoms with Gasteiger partial charge in [-0.15, -0.1) is 0 Å². The van der Waals surface area contributed by atoms with E-state index in [4.69, 9.17) is 0 Å². The van der Waals surface area contributed by atoms with E-state index in [0.29, 0.717) is 0 Å². The topological polar surface area (TPSA) is 17.1 Å². The Kier molecular flexibility index (Phi) is 4.52. The summed E-state index contributed by atoms with van der Waals surface area (Å²) in [6.45, 7) is 1.97. The molecule has 0 aliphatic heterocycles. The molecule has 0 amide bonds. The molecule has 0 bridgehead atoms. The summed E-state index contributed by atoms with van der Waals surface area (Å²) in [5, 5.41) is 0. The zero-order chi connectivity index (χ0) is 12.8. The predicted octanol–water partition coefficient (Wildman–Crippen LogP) is 4.56. The molecule has 94 valence electrons. The molecule has 0 fully saturated rings. The van der Waals surface area contributed by atoms with E-state index >= 15 is 0 Å². The summed E-state index contributed by atoms with van der Waals surface area (Å²) >= 11 is 0. The van der Waals surface area contributed by atoms with Gasteiger partial charge in [-0.3, -0.25) is 4.79 Å². The van der Waals surface area contributed by atoms with Crippen LogP contribution in [0.5, 0.6) is 0 Å². The van der Waals surface area contributed by atoms with Crippen molar-refractivity contribution in [1.29, 1.82) is 0 Å². The molecule has 1 aromatic carbocycles. The molecular weight excluding hydrogens is 220 g/mol. The summed E-state index contributed by atoms with van der Waals surface area (Å²) in [5.74, 6) is 0.151. The fourth-order valence-electron chi connectivity index (χ4n) is 2.23. The van der Waals surface area contributed by atoms with Crippen molar-refractivity contribution in [3.63, 3.8) is 0 Å². The van der Waals surface area contributed by atoms with Gasteiger partial charge in [0, 0.05) is 11.5 Å². The lowest BCUT2D eigenvalue weighted by molar-refractivity contribution is 0.0953. The van der Waals surface area contributed by atoms with Crippen LogP contribution in [0.1, 0.15) is 43.0 Å². The molecule has 1 aliphatic rings. The summed E-state index contributed by atoms with van der Waals surface area (Å²) in [4.78, 5) is 12.1. The van der Waals surface area contributed by atoms with E-state index in [1.807, 2.05) is 43.3 Å². The van der Waals surface area contributed by atoms with Crippen LogP contribution in [0.3, 0.4) is 0 Å². The van der Waals surface area contributed by atoms with Gasteiger partial charge >= 0.3 is 0 Å². The van der Waals surface area contributed by atoms with Crippen molar-refractivity contribution in [1.82, 2.24) is 0 Å². The summed E-state index contributed by atoms with van der Waals surface area (Å²) < 4.78 is 0. The van der Waals surface area contributed by atoms with E-state index in [1.165, 1.54) is 24.8 Å². The smallest absolute Gasteiger partial charge is 0.169 e. The Balaban J connectivity index is 1.99. The Morgan fingerprint density at radius 2 is 2.00 bits per heavy atom. The third-order valence-electron chi connectivity index (χ3n) is 3.40. The minimum atomic E-state index is -0.0461. The molecule has 0 N–H and O–H groups in total. The van der Waals surface area contributed by atoms with Crippen LogP contribution in [0.2, 0.25) is 0 Å². The summed E-state index contributed by atoms with van der Waals surface area (Å²) in [5.41, 5.74) is 2.18. The second kappa shape index (κ2) is 6.34. The minimum Gasteiger partial charge on any atom is -0.294 e. The van der Waals surface area contributed by atoms with Crippen LogP contribution in [-0.4, -0.2) is 5.78 Å². The van der Waals surface area contributed by atoms with Crippen molar-refractivity contribution in [2.45, 2.75) is 32.6 Å². The summed E-state index contributed by atoms with van der Waals surface area (Å²) in [6.07, 6.45) is 11.4. The Morgan fingerprint density at radius 3 is 2.67 bits per heavy atom. The second-order valence-electron chi connectivity index (χ2n) is 4.90. The van der Waals surface area contributed by atoms with Gasteiger partial charge in [0.1, 0.15) is 0 Å². The van der Waals surface area contributed by atoms with Crippen molar-refractivity contribution in [2.75, 3.05) is 0 Å². The highest BCUT2D eigenvalue weighted by molar-refractivity contribution is 5.98. The van der Waals surface area contributed by atoms with Crippen molar-refractivity contribution in [2.24, 2.45) is 5.92 Å². The molecule has 1 nitrogen and oxygen atoms in total. The van der Waals surface area contributed by atoms with Gasteiger partial charge in [-0.2, -0.15) is 0 Å². The third kappa shape index (κ3) is 3.43. The van der Waals surface area contributed by atoms with Crippen LogP contribution >= 0.6 is 0 Å². The van der Waals surface area contributed by atoms with Crippen molar-refractivity contribution in [3.8, 4) is 0 Å². The van der Waals surface area contributed by atoms with E-state index < -0.39 is 0 Å². The normalized spacial score (nSPS) is 17.5. The fourth-order valence-corrected chi connectivity index (χ4v) is 2.23. The van der Waals surface area contributed by atoms with E-state index in [9.17, 15) is 4.79 Å². The minimum absolute atomic E-state index is 0.0461. The second-order valence-corrected chi connectivity index (χ2v) is 4.90. The molecule has 0 radical (unpaired) electrons.